The lowest BCUT2D eigenvalue weighted by atomic mass is 9.91. The first-order chi connectivity index (χ1) is 16.6. The molecule has 2 N–H and O–H groups in total. The van der Waals surface area contributed by atoms with Gasteiger partial charge in [-0.05, 0) is 47.4 Å². The Morgan fingerprint density at radius 2 is 1.66 bits per heavy atom. The van der Waals surface area contributed by atoms with E-state index < -0.39 is 20.4 Å². The number of unbranched alkanes of at least 4 members (excludes halogenated alkanes) is 1. The zero-order chi connectivity index (χ0) is 26.0. The summed E-state index contributed by atoms with van der Waals surface area (Å²) in [5, 5.41) is 19.9. The van der Waals surface area contributed by atoms with E-state index >= 15 is 0 Å². The van der Waals surface area contributed by atoms with Crippen LogP contribution in [0.5, 0.6) is 0 Å². The minimum atomic E-state index is -2.03. The van der Waals surface area contributed by atoms with Crippen molar-refractivity contribution in [1.29, 1.82) is 0 Å². The average molecular weight is 505 g/mol. The molecule has 1 aromatic rings. The third kappa shape index (κ3) is 8.27. The number of hydrogen-bond donors (Lipinski definition) is 2. The molecule has 0 saturated heterocycles. The van der Waals surface area contributed by atoms with Crippen LogP contribution in [0.2, 0.25) is 16.6 Å². The summed E-state index contributed by atoms with van der Waals surface area (Å²) in [4.78, 5) is 10.7. The first-order valence-electron chi connectivity index (χ1n) is 13.4. The molecule has 5 nitrogen and oxygen atoms in total. The summed E-state index contributed by atoms with van der Waals surface area (Å²) in [6, 6.07) is 10.2. The molecular formula is C29H48O5Si. The molecule has 35 heavy (non-hydrogen) atoms. The highest BCUT2D eigenvalue weighted by molar-refractivity contribution is 6.77. The Morgan fingerprint density at radius 3 is 2.23 bits per heavy atom. The van der Waals surface area contributed by atoms with Gasteiger partial charge in [0, 0.05) is 25.4 Å². The highest BCUT2D eigenvalue weighted by Gasteiger charge is 2.48. The molecule has 0 unspecified atom stereocenters. The Hall–Kier alpha value is -1.47. The molecule has 0 bridgehead atoms. The Bertz CT molecular complexity index is 755. The minimum Gasteiger partial charge on any atom is -0.481 e. The fourth-order valence-electron chi connectivity index (χ4n) is 6.16. The van der Waals surface area contributed by atoms with Crippen LogP contribution in [0.15, 0.2) is 42.5 Å². The number of aliphatic carboxylic acids is 1. The summed E-state index contributed by atoms with van der Waals surface area (Å²) >= 11 is 0. The molecule has 198 valence electrons. The maximum Gasteiger partial charge on any atom is 0.303 e. The van der Waals surface area contributed by atoms with Gasteiger partial charge >= 0.3 is 5.97 Å². The van der Waals surface area contributed by atoms with E-state index in [4.69, 9.17) is 14.3 Å². The second-order valence-corrected chi connectivity index (χ2v) is 16.5. The van der Waals surface area contributed by atoms with E-state index in [1.807, 2.05) is 18.2 Å². The van der Waals surface area contributed by atoms with Crippen LogP contribution < -0.4 is 0 Å². The van der Waals surface area contributed by atoms with E-state index in [0.29, 0.717) is 42.7 Å². The molecule has 0 heterocycles. The highest BCUT2D eigenvalue weighted by Crippen LogP contribution is 2.45. The molecule has 1 aromatic carbocycles. The Morgan fingerprint density at radius 1 is 1.03 bits per heavy atom. The minimum absolute atomic E-state index is 0.0474. The second kappa shape index (κ2) is 14.3. The molecule has 4 atom stereocenters. The predicted molar refractivity (Wildman–Crippen MR) is 145 cm³/mol. The van der Waals surface area contributed by atoms with Crippen molar-refractivity contribution in [2.75, 3.05) is 6.61 Å². The lowest BCUT2D eigenvalue weighted by Crippen LogP contribution is -2.49. The van der Waals surface area contributed by atoms with Crippen molar-refractivity contribution in [3.05, 3.63) is 48.0 Å². The summed E-state index contributed by atoms with van der Waals surface area (Å²) in [5.74, 6) is -0.557. The van der Waals surface area contributed by atoms with Crippen LogP contribution in [0.25, 0.3) is 0 Å². The molecule has 0 radical (unpaired) electrons. The molecular weight excluding hydrogens is 456 g/mol. The van der Waals surface area contributed by atoms with Crippen molar-refractivity contribution in [2.24, 2.45) is 11.8 Å². The number of aliphatic hydroxyl groups is 1. The van der Waals surface area contributed by atoms with E-state index in [9.17, 15) is 9.90 Å². The SMILES string of the molecule is CC(C)[Si](OC[C@@H]1[C@@H](C/C=C\CCCC(=O)O)[C@@H](O)C[C@H]1OCc1ccccc1)(C(C)C)C(C)C. The van der Waals surface area contributed by atoms with Gasteiger partial charge in [-0.1, -0.05) is 84.0 Å². The number of benzene rings is 1. The van der Waals surface area contributed by atoms with Gasteiger partial charge < -0.3 is 19.4 Å². The Labute approximate surface area is 214 Å². The normalized spacial score (nSPS) is 23.3. The number of aliphatic hydroxyl groups excluding tert-OH is 1. The van der Waals surface area contributed by atoms with Crippen molar-refractivity contribution in [3.8, 4) is 0 Å². The zero-order valence-electron chi connectivity index (χ0n) is 22.7. The molecule has 0 aromatic heterocycles. The third-order valence-corrected chi connectivity index (χ3v) is 14.0. The predicted octanol–water partition coefficient (Wildman–Crippen LogP) is 6.96. The number of hydrogen-bond acceptors (Lipinski definition) is 4. The second-order valence-electron chi connectivity index (χ2n) is 11.1. The average Bonchev–Trinajstić information content (AvgIpc) is 3.09. The van der Waals surface area contributed by atoms with Crippen molar-refractivity contribution in [2.45, 2.75) is 109 Å². The van der Waals surface area contributed by atoms with Gasteiger partial charge in [0.15, 0.2) is 8.32 Å². The lowest BCUT2D eigenvalue weighted by Gasteiger charge is -2.43. The fraction of sp³-hybridized carbons (Fsp3) is 0.690. The Kier molecular flexibility index (Phi) is 12.2. The topological polar surface area (TPSA) is 76.0 Å². The number of allylic oxidation sites excluding steroid dienone is 2. The molecule has 1 fully saturated rings. The number of carbonyl (C=O) groups is 1. The van der Waals surface area contributed by atoms with E-state index in [2.05, 4.69) is 65.8 Å². The first-order valence-corrected chi connectivity index (χ1v) is 15.6. The third-order valence-electron chi connectivity index (χ3n) is 7.87. The molecule has 0 spiro atoms. The van der Waals surface area contributed by atoms with Gasteiger partial charge in [0.25, 0.3) is 0 Å². The number of ether oxygens (including phenoxy) is 1. The summed E-state index contributed by atoms with van der Waals surface area (Å²) < 4.78 is 13.4. The van der Waals surface area contributed by atoms with E-state index in [1.165, 1.54) is 0 Å². The Balaban J connectivity index is 2.15. The largest absolute Gasteiger partial charge is 0.481 e. The van der Waals surface area contributed by atoms with Crippen molar-refractivity contribution < 1.29 is 24.2 Å². The molecule has 1 aliphatic carbocycles. The van der Waals surface area contributed by atoms with Crippen LogP contribution in [0.1, 0.15) is 79.2 Å². The molecule has 0 aliphatic heterocycles. The van der Waals surface area contributed by atoms with Gasteiger partial charge in [0.1, 0.15) is 0 Å². The van der Waals surface area contributed by atoms with Gasteiger partial charge in [0.2, 0.25) is 0 Å². The van der Waals surface area contributed by atoms with Crippen LogP contribution in [0.3, 0.4) is 0 Å². The summed E-state index contributed by atoms with van der Waals surface area (Å²) in [7, 11) is -2.03. The van der Waals surface area contributed by atoms with Crippen molar-refractivity contribution >= 4 is 14.3 Å². The standard InChI is InChI=1S/C29H48O5Si/c1-21(2)35(22(3)4,23(5)6)34-20-26-25(16-12-7-8-13-17-29(31)32)27(30)18-28(26)33-19-24-14-10-9-11-15-24/h7,9-12,14-15,21-23,25-28,30H,8,13,16-20H2,1-6H3,(H,31,32)/b12-7-/t25-,26-,27+,28-/m1/s1. The van der Waals surface area contributed by atoms with Gasteiger partial charge in [-0.2, -0.15) is 0 Å². The molecule has 1 aliphatic rings. The van der Waals surface area contributed by atoms with Crippen LogP contribution in [0, 0.1) is 11.8 Å². The molecule has 6 heteroatoms. The summed E-state index contributed by atoms with van der Waals surface area (Å²) in [6.07, 6.45) is 6.64. The number of rotatable bonds is 15. The van der Waals surface area contributed by atoms with Crippen LogP contribution in [0.4, 0.5) is 0 Å². The van der Waals surface area contributed by atoms with Crippen molar-refractivity contribution in [1.82, 2.24) is 0 Å². The molecule has 0 amide bonds. The van der Waals surface area contributed by atoms with Gasteiger partial charge in [-0.15, -0.1) is 0 Å². The van der Waals surface area contributed by atoms with Gasteiger partial charge in [-0.3, -0.25) is 4.79 Å². The van der Waals surface area contributed by atoms with Crippen LogP contribution in [-0.4, -0.2) is 43.3 Å². The summed E-state index contributed by atoms with van der Waals surface area (Å²) in [5.41, 5.74) is 2.65. The molecule has 2 rings (SSSR count). The monoisotopic (exact) mass is 504 g/mol. The van der Waals surface area contributed by atoms with E-state index in [1.54, 1.807) is 0 Å². The smallest absolute Gasteiger partial charge is 0.303 e. The zero-order valence-corrected chi connectivity index (χ0v) is 23.7. The van der Waals surface area contributed by atoms with Crippen molar-refractivity contribution in [3.63, 3.8) is 0 Å². The van der Waals surface area contributed by atoms with E-state index in [-0.39, 0.29) is 24.4 Å². The number of carboxylic acid groups (broad SMARTS) is 1. The van der Waals surface area contributed by atoms with Crippen LogP contribution >= 0.6 is 0 Å². The maximum absolute atomic E-state index is 11.0. The fourth-order valence-corrected chi connectivity index (χ4v) is 11.6. The van der Waals surface area contributed by atoms with E-state index in [0.717, 1.165) is 18.4 Å². The number of carboxylic acids is 1. The lowest BCUT2D eigenvalue weighted by molar-refractivity contribution is -0.137. The highest BCUT2D eigenvalue weighted by atomic mass is 28.4. The maximum atomic E-state index is 11.0. The quantitative estimate of drug-likeness (QED) is 0.153. The van der Waals surface area contributed by atoms with Crippen LogP contribution in [-0.2, 0) is 20.6 Å². The molecule has 1 saturated carbocycles. The first kappa shape index (κ1) is 29.8. The van der Waals surface area contributed by atoms with Gasteiger partial charge in [0.05, 0.1) is 18.8 Å². The summed E-state index contributed by atoms with van der Waals surface area (Å²) in [6.45, 7) is 15.0. The van der Waals surface area contributed by atoms with Gasteiger partial charge in [-0.25, -0.2) is 0 Å².